The standard InChI is InChI=1S/C18H17ClN4O4S/c1-27-18(24)14-7-8-15(19)17(9-14)28(25,26)22-16(10-23-12-20-11-21-23)13-5-3-2-4-6-13/h2-9,11-12,16,22H,10H2,1H3/t16-/m0/s1. The molecule has 1 heterocycles. The van der Waals surface area contributed by atoms with Gasteiger partial charge >= 0.3 is 5.97 Å². The van der Waals surface area contributed by atoms with Crippen LogP contribution in [0.3, 0.4) is 0 Å². The van der Waals surface area contributed by atoms with E-state index in [1.165, 1.54) is 42.6 Å². The summed E-state index contributed by atoms with van der Waals surface area (Å²) in [7, 11) is -2.84. The van der Waals surface area contributed by atoms with Crippen LogP contribution in [0.1, 0.15) is 22.0 Å². The Hall–Kier alpha value is -2.75. The predicted molar refractivity (Wildman–Crippen MR) is 102 cm³/mol. The van der Waals surface area contributed by atoms with Gasteiger partial charge in [0.1, 0.15) is 17.6 Å². The molecule has 3 rings (SSSR count). The molecule has 0 fully saturated rings. The second-order valence-corrected chi connectivity index (χ2v) is 7.93. The van der Waals surface area contributed by atoms with Gasteiger partial charge in [0.25, 0.3) is 0 Å². The van der Waals surface area contributed by atoms with Crippen LogP contribution in [0.2, 0.25) is 5.02 Å². The van der Waals surface area contributed by atoms with E-state index in [-0.39, 0.29) is 22.0 Å². The molecule has 1 atom stereocenters. The molecule has 3 aromatic rings. The SMILES string of the molecule is COC(=O)c1ccc(Cl)c(S(=O)(=O)N[C@@H](Cn2cncn2)c2ccccc2)c1. The normalized spacial score (nSPS) is 12.5. The molecule has 10 heteroatoms. The number of aromatic nitrogens is 3. The molecule has 1 aromatic heterocycles. The van der Waals surface area contributed by atoms with Crippen molar-refractivity contribution in [2.45, 2.75) is 17.5 Å². The van der Waals surface area contributed by atoms with Gasteiger partial charge in [0.2, 0.25) is 10.0 Å². The molecule has 0 aliphatic rings. The van der Waals surface area contributed by atoms with Crippen molar-refractivity contribution in [1.82, 2.24) is 19.5 Å². The van der Waals surface area contributed by atoms with Crippen molar-refractivity contribution in [1.29, 1.82) is 0 Å². The van der Waals surface area contributed by atoms with Crippen molar-refractivity contribution < 1.29 is 17.9 Å². The Labute approximate surface area is 167 Å². The Morgan fingerprint density at radius 3 is 2.64 bits per heavy atom. The molecule has 0 aliphatic carbocycles. The summed E-state index contributed by atoms with van der Waals surface area (Å²) in [6.07, 6.45) is 2.86. The predicted octanol–water partition coefficient (Wildman–Crippen LogP) is 2.44. The summed E-state index contributed by atoms with van der Waals surface area (Å²) >= 11 is 6.10. The number of methoxy groups -OCH3 is 1. The van der Waals surface area contributed by atoms with E-state index in [1.807, 2.05) is 18.2 Å². The number of nitrogens with one attached hydrogen (secondary N) is 1. The average Bonchev–Trinajstić information content (AvgIpc) is 3.20. The van der Waals surface area contributed by atoms with E-state index >= 15 is 0 Å². The average molecular weight is 421 g/mol. The largest absolute Gasteiger partial charge is 0.465 e. The number of benzene rings is 2. The summed E-state index contributed by atoms with van der Waals surface area (Å²) in [6, 6.07) is 12.4. The van der Waals surface area contributed by atoms with Gasteiger partial charge in [0.05, 0.1) is 30.3 Å². The highest BCUT2D eigenvalue weighted by Gasteiger charge is 2.25. The van der Waals surface area contributed by atoms with Crippen molar-refractivity contribution in [2.24, 2.45) is 0 Å². The summed E-state index contributed by atoms with van der Waals surface area (Å²) in [4.78, 5) is 15.4. The summed E-state index contributed by atoms with van der Waals surface area (Å²) in [5.41, 5.74) is 0.821. The van der Waals surface area contributed by atoms with Crippen LogP contribution >= 0.6 is 11.6 Å². The molecular formula is C18H17ClN4O4S. The first-order valence-corrected chi connectivity index (χ1v) is 10.0. The monoisotopic (exact) mass is 420 g/mol. The van der Waals surface area contributed by atoms with E-state index in [9.17, 15) is 13.2 Å². The minimum Gasteiger partial charge on any atom is -0.465 e. The van der Waals surface area contributed by atoms with Gasteiger partial charge in [0, 0.05) is 0 Å². The third-order valence-electron chi connectivity index (χ3n) is 3.98. The number of ether oxygens (including phenoxy) is 1. The Morgan fingerprint density at radius 1 is 1.25 bits per heavy atom. The van der Waals surface area contributed by atoms with Gasteiger partial charge in [-0.1, -0.05) is 41.9 Å². The van der Waals surface area contributed by atoms with E-state index in [1.54, 1.807) is 12.1 Å². The third kappa shape index (κ3) is 4.56. The molecule has 0 radical (unpaired) electrons. The maximum atomic E-state index is 13.0. The van der Waals surface area contributed by atoms with Crippen LogP contribution in [0, 0.1) is 0 Å². The van der Waals surface area contributed by atoms with Crippen LogP contribution in [0.15, 0.2) is 66.1 Å². The van der Waals surface area contributed by atoms with Crippen LogP contribution < -0.4 is 4.72 Å². The molecule has 0 unspecified atom stereocenters. The number of halogens is 1. The molecule has 1 N–H and O–H groups in total. The lowest BCUT2D eigenvalue weighted by Gasteiger charge is -2.20. The fraction of sp³-hybridized carbons (Fsp3) is 0.167. The number of carbonyl (C=O) groups is 1. The number of rotatable bonds is 7. The van der Waals surface area contributed by atoms with Crippen LogP contribution in [0.4, 0.5) is 0 Å². The van der Waals surface area contributed by atoms with Crippen LogP contribution in [-0.4, -0.2) is 36.3 Å². The van der Waals surface area contributed by atoms with Gasteiger partial charge in [-0.3, -0.25) is 4.68 Å². The number of sulfonamides is 1. The number of nitrogens with zero attached hydrogens (tertiary/aromatic N) is 3. The first-order chi connectivity index (χ1) is 13.4. The van der Waals surface area contributed by atoms with Crippen molar-refractivity contribution >= 4 is 27.6 Å². The minimum atomic E-state index is -4.06. The fourth-order valence-corrected chi connectivity index (χ4v) is 4.36. The van der Waals surface area contributed by atoms with Crippen molar-refractivity contribution in [3.05, 3.63) is 77.3 Å². The highest BCUT2D eigenvalue weighted by Crippen LogP contribution is 2.25. The fourth-order valence-electron chi connectivity index (χ4n) is 2.62. The van der Waals surface area contributed by atoms with Gasteiger partial charge in [-0.15, -0.1) is 0 Å². The molecule has 146 valence electrons. The van der Waals surface area contributed by atoms with Gasteiger partial charge in [-0.25, -0.2) is 22.9 Å². The topological polar surface area (TPSA) is 103 Å². The molecule has 0 spiro atoms. The zero-order chi connectivity index (χ0) is 20.1. The molecule has 2 aromatic carbocycles. The number of hydrogen-bond donors (Lipinski definition) is 1. The van der Waals surface area contributed by atoms with Gasteiger partial charge in [-0.05, 0) is 23.8 Å². The van der Waals surface area contributed by atoms with Crippen LogP contribution in [0.25, 0.3) is 0 Å². The number of carbonyl (C=O) groups excluding carboxylic acids is 1. The Kier molecular flexibility index (Phi) is 6.08. The Balaban J connectivity index is 1.96. The van der Waals surface area contributed by atoms with Gasteiger partial charge in [-0.2, -0.15) is 5.10 Å². The van der Waals surface area contributed by atoms with Crippen molar-refractivity contribution in [3.8, 4) is 0 Å². The second kappa shape index (κ2) is 8.51. The molecule has 28 heavy (non-hydrogen) atoms. The lowest BCUT2D eigenvalue weighted by Crippen LogP contribution is -2.32. The third-order valence-corrected chi connectivity index (χ3v) is 5.93. The highest BCUT2D eigenvalue weighted by molar-refractivity contribution is 7.89. The quantitative estimate of drug-likeness (QED) is 0.589. The van der Waals surface area contributed by atoms with Gasteiger partial charge in [0.15, 0.2) is 0 Å². The summed E-state index contributed by atoms with van der Waals surface area (Å²) < 4.78 is 34.9. The van der Waals surface area contributed by atoms with Crippen molar-refractivity contribution in [2.75, 3.05) is 7.11 Å². The van der Waals surface area contributed by atoms with E-state index in [2.05, 4.69) is 19.5 Å². The van der Waals surface area contributed by atoms with E-state index in [0.29, 0.717) is 0 Å². The maximum Gasteiger partial charge on any atom is 0.337 e. The lowest BCUT2D eigenvalue weighted by atomic mass is 10.1. The highest BCUT2D eigenvalue weighted by atomic mass is 35.5. The first-order valence-electron chi connectivity index (χ1n) is 8.18. The Bertz CT molecular complexity index is 1060. The smallest absolute Gasteiger partial charge is 0.337 e. The molecule has 0 saturated carbocycles. The van der Waals surface area contributed by atoms with Crippen LogP contribution in [0.5, 0.6) is 0 Å². The van der Waals surface area contributed by atoms with Crippen LogP contribution in [-0.2, 0) is 21.3 Å². The molecule has 0 aliphatic heterocycles. The summed E-state index contributed by atoms with van der Waals surface area (Å²) in [5.74, 6) is -0.657. The van der Waals surface area contributed by atoms with E-state index in [0.717, 1.165) is 5.56 Å². The maximum absolute atomic E-state index is 13.0. The van der Waals surface area contributed by atoms with Crippen molar-refractivity contribution in [3.63, 3.8) is 0 Å². The summed E-state index contributed by atoms with van der Waals surface area (Å²) in [6.45, 7) is 0.220. The molecular weight excluding hydrogens is 404 g/mol. The summed E-state index contributed by atoms with van der Waals surface area (Å²) in [5, 5.41) is 4.03. The first kappa shape index (κ1) is 20.0. The van der Waals surface area contributed by atoms with Gasteiger partial charge < -0.3 is 4.74 Å². The molecule has 0 bridgehead atoms. The Morgan fingerprint density at radius 2 is 2.00 bits per heavy atom. The second-order valence-electron chi connectivity index (χ2n) is 5.84. The minimum absolute atomic E-state index is 0.00674. The molecule has 0 amide bonds. The number of esters is 1. The molecule has 0 saturated heterocycles. The number of hydrogen-bond acceptors (Lipinski definition) is 6. The van der Waals surface area contributed by atoms with E-state index < -0.39 is 22.0 Å². The molecule has 8 nitrogen and oxygen atoms in total. The van der Waals surface area contributed by atoms with E-state index in [4.69, 9.17) is 11.6 Å². The zero-order valence-corrected chi connectivity index (χ0v) is 16.4. The zero-order valence-electron chi connectivity index (χ0n) is 14.8. The lowest BCUT2D eigenvalue weighted by molar-refractivity contribution is 0.0600.